The monoisotopic (exact) mass is 217 g/mol. The second-order valence-corrected chi connectivity index (χ2v) is 3.52. The third kappa shape index (κ3) is 3.17. The van der Waals surface area contributed by atoms with Gasteiger partial charge >= 0.3 is 11.9 Å². The van der Waals surface area contributed by atoms with Crippen molar-refractivity contribution in [3.63, 3.8) is 0 Å². The molecule has 0 aromatic heterocycles. The molecule has 1 rings (SSSR count). The molecule has 0 amide bonds. The minimum absolute atomic E-state index is 0.248. The van der Waals surface area contributed by atoms with Crippen molar-refractivity contribution in [3.05, 3.63) is 0 Å². The second kappa shape index (κ2) is 5.09. The largest absolute Gasteiger partial charge is 0.480 e. The number of aliphatic carboxylic acids is 1. The molecule has 6 nitrogen and oxygen atoms in total. The molecular formula is C9H15NO5. The summed E-state index contributed by atoms with van der Waals surface area (Å²) in [4.78, 5) is 21.7. The van der Waals surface area contributed by atoms with E-state index in [0.717, 1.165) is 0 Å². The summed E-state index contributed by atoms with van der Waals surface area (Å²) in [7, 11) is 0. The Balaban J connectivity index is 2.36. The summed E-state index contributed by atoms with van der Waals surface area (Å²) in [6, 6.07) is -0.665. The normalized spacial score (nSPS) is 27.3. The Morgan fingerprint density at radius 3 is 2.73 bits per heavy atom. The highest BCUT2D eigenvalue weighted by Gasteiger charge is 2.32. The standard InChI is InChI=1S/C9H15NO5/c1-2-7(11)9(14)15-5-3-6(8(12)13)10-4-5/h5-7,10-11H,2-4H2,1H3,(H,12,13)/t5?,6-,7?/m0/s1. The average molecular weight is 217 g/mol. The van der Waals surface area contributed by atoms with E-state index in [9.17, 15) is 9.59 Å². The Morgan fingerprint density at radius 2 is 2.27 bits per heavy atom. The van der Waals surface area contributed by atoms with Crippen LogP contribution in [-0.4, -0.2) is 46.9 Å². The number of hydrogen-bond acceptors (Lipinski definition) is 5. The van der Waals surface area contributed by atoms with Gasteiger partial charge in [0.05, 0.1) is 0 Å². The van der Waals surface area contributed by atoms with E-state index in [-0.39, 0.29) is 6.42 Å². The lowest BCUT2D eigenvalue weighted by atomic mass is 10.2. The zero-order valence-corrected chi connectivity index (χ0v) is 8.47. The average Bonchev–Trinajstić information content (AvgIpc) is 2.65. The minimum Gasteiger partial charge on any atom is -0.480 e. The molecule has 15 heavy (non-hydrogen) atoms. The van der Waals surface area contributed by atoms with Gasteiger partial charge in [-0.05, 0) is 6.42 Å². The summed E-state index contributed by atoms with van der Waals surface area (Å²) in [5.41, 5.74) is 0. The lowest BCUT2D eigenvalue weighted by Gasteiger charge is -2.13. The van der Waals surface area contributed by atoms with Gasteiger partial charge in [-0.15, -0.1) is 0 Å². The molecule has 2 unspecified atom stereocenters. The van der Waals surface area contributed by atoms with Crippen LogP contribution in [-0.2, 0) is 14.3 Å². The first-order valence-electron chi connectivity index (χ1n) is 4.89. The maximum absolute atomic E-state index is 11.2. The summed E-state index contributed by atoms with van der Waals surface area (Å²) in [6.07, 6.45) is -1.03. The number of carbonyl (C=O) groups excluding carboxylic acids is 1. The molecule has 0 spiro atoms. The molecule has 86 valence electrons. The third-order valence-corrected chi connectivity index (χ3v) is 2.33. The maximum atomic E-state index is 11.2. The summed E-state index contributed by atoms with van der Waals surface area (Å²) in [6.45, 7) is 1.98. The smallest absolute Gasteiger partial charge is 0.335 e. The van der Waals surface area contributed by atoms with Crippen molar-refractivity contribution in [2.24, 2.45) is 0 Å². The number of hydrogen-bond donors (Lipinski definition) is 3. The lowest BCUT2D eigenvalue weighted by Crippen LogP contribution is -2.30. The Morgan fingerprint density at radius 1 is 1.60 bits per heavy atom. The fourth-order valence-electron chi connectivity index (χ4n) is 1.39. The summed E-state index contributed by atoms with van der Waals surface area (Å²) in [5, 5.41) is 20.5. The van der Waals surface area contributed by atoms with E-state index in [0.29, 0.717) is 13.0 Å². The first-order valence-corrected chi connectivity index (χ1v) is 4.89. The van der Waals surface area contributed by atoms with Crippen LogP contribution in [0.2, 0.25) is 0 Å². The number of aliphatic hydroxyl groups excluding tert-OH is 1. The Bertz CT molecular complexity index is 255. The van der Waals surface area contributed by atoms with E-state index in [4.69, 9.17) is 14.9 Å². The predicted octanol–water partition coefficient (Wildman–Crippen LogP) is -0.884. The van der Waals surface area contributed by atoms with Crippen LogP contribution >= 0.6 is 0 Å². The molecule has 3 N–H and O–H groups in total. The van der Waals surface area contributed by atoms with Crippen LogP contribution in [0.5, 0.6) is 0 Å². The number of carbonyl (C=O) groups is 2. The zero-order valence-electron chi connectivity index (χ0n) is 8.47. The van der Waals surface area contributed by atoms with Crippen LogP contribution in [0.1, 0.15) is 19.8 Å². The Labute approximate surface area is 87.2 Å². The maximum Gasteiger partial charge on any atom is 0.335 e. The topological polar surface area (TPSA) is 95.9 Å². The van der Waals surface area contributed by atoms with E-state index < -0.39 is 30.2 Å². The number of carboxylic acids is 1. The van der Waals surface area contributed by atoms with Crippen molar-refractivity contribution < 1.29 is 24.5 Å². The van der Waals surface area contributed by atoms with Gasteiger partial charge in [-0.25, -0.2) is 4.79 Å². The van der Waals surface area contributed by atoms with Gasteiger partial charge in [0.2, 0.25) is 0 Å². The van der Waals surface area contributed by atoms with Crippen LogP contribution in [0.4, 0.5) is 0 Å². The van der Waals surface area contributed by atoms with Gasteiger partial charge < -0.3 is 20.3 Å². The SMILES string of the molecule is CCC(O)C(=O)OC1CN[C@H](C(=O)O)C1. The first kappa shape index (κ1) is 11.9. The quantitative estimate of drug-likeness (QED) is 0.529. The molecule has 6 heteroatoms. The predicted molar refractivity (Wildman–Crippen MR) is 50.2 cm³/mol. The van der Waals surface area contributed by atoms with Crippen LogP contribution in [0.3, 0.4) is 0 Å². The zero-order chi connectivity index (χ0) is 11.4. The van der Waals surface area contributed by atoms with Gasteiger partial charge in [0.1, 0.15) is 12.1 Å². The highest BCUT2D eigenvalue weighted by Crippen LogP contribution is 2.11. The number of aliphatic hydroxyl groups is 1. The molecule has 3 atom stereocenters. The molecule has 0 aliphatic carbocycles. The molecule has 0 aromatic carbocycles. The van der Waals surface area contributed by atoms with Gasteiger partial charge in [0.15, 0.2) is 6.10 Å². The third-order valence-electron chi connectivity index (χ3n) is 2.33. The van der Waals surface area contributed by atoms with Crippen molar-refractivity contribution >= 4 is 11.9 Å². The highest BCUT2D eigenvalue weighted by atomic mass is 16.6. The molecular weight excluding hydrogens is 202 g/mol. The number of rotatable bonds is 4. The molecule has 1 heterocycles. The first-order chi connectivity index (χ1) is 7.04. The van der Waals surface area contributed by atoms with Crippen molar-refractivity contribution in [1.82, 2.24) is 5.32 Å². The van der Waals surface area contributed by atoms with Crippen LogP contribution in [0, 0.1) is 0 Å². The van der Waals surface area contributed by atoms with Crippen molar-refractivity contribution in [2.45, 2.75) is 38.0 Å². The van der Waals surface area contributed by atoms with E-state index >= 15 is 0 Å². The molecule has 0 radical (unpaired) electrons. The number of nitrogens with one attached hydrogen (secondary N) is 1. The molecule has 0 saturated carbocycles. The van der Waals surface area contributed by atoms with E-state index in [1.54, 1.807) is 6.92 Å². The molecule has 1 aliphatic heterocycles. The lowest BCUT2D eigenvalue weighted by molar-refractivity contribution is -0.158. The van der Waals surface area contributed by atoms with Crippen molar-refractivity contribution in [2.75, 3.05) is 6.54 Å². The number of ether oxygens (including phenoxy) is 1. The second-order valence-electron chi connectivity index (χ2n) is 3.52. The minimum atomic E-state index is -1.12. The van der Waals surface area contributed by atoms with E-state index in [1.165, 1.54) is 0 Å². The van der Waals surface area contributed by atoms with E-state index in [1.807, 2.05) is 0 Å². The van der Waals surface area contributed by atoms with Crippen molar-refractivity contribution in [1.29, 1.82) is 0 Å². The fourth-order valence-corrected chi connectivity index (χ4v) is 1.39. The van der Waals surface area contributed by atoms with E-state index in [2.05, 4.69) is 5.32 Å². The van der Waals surface area contributed by atoms with Gasteiger partial charge in [0, 0.05) is 13.0 Å². The van der Waals surface area contributed by atoms with Crippen LogP contribution in [0.25, 0.3) is 0 Å². The molecule has 1 aliphatic rings. The number of carboxylic acid groups (broad SMARTS) is 1. The summed E-state index contributed by atoms with van der Waals surface area (Å²) >= 11 is 0. The van der Waals surface area contributed by atoms with Gasteiger partial charge in [-0.3, -0.25) is 4.79 Å². The van der Waals surface area contributed by atoms with Gasteiger partial charge in [-0.2, -0.15) is 0 Å². The molecule has 1 saturated heterocycles. The van der Waals surface area contributed by atoms with Gasteiger partial charge in [-0.1, -0.05) is 6.92 Å². The molecule has 0 aromatic rings. The summed E-state index contributed by atoms with van der Waals surface area (Å²) < 4.78 is 4.93. The van der Waals surface area contributed by atoms with Crippen molar-refractivity contribution in [3.8, 4) is 0 Å². The van der Waals surface area contributed by atoms with Gasteiger partial charge in [0.25, 0.3) is 0 Å². The highest BCUT2D eigenvalue weighted by molar-refractivity contribution is 5.75. The van der Waals surface area contributed by atoms with Crippen LogP contribution < -0.4 is 5.32 Å². The fraction of sp³-hybridized carbons (Fsp3) is 0.778. The molecule has 0 bridgehead atoms. The number of esters is 1. The van der Waals surface area contributed by atoms with Crippen LogP contribution in [0.15, 0.2) is 0 Å². The Kier molecular flexibility index (Phi) is 4.05. The molecule has 1 fully saturated rings. The Hall–Kier alpha value is -1.14. The summed E-state index contributed by atoms with van der Waals surface area (Å²) in [5.74, 6) is -1.64.